The van der Waals surface area contributed by atoms with Gasteiger partial charge in [-0.15, -0.1) is 0 Å². The summed E-state index contributed by atoms with van der Waals surface area (Å²) in [7, 11) is -2.75. The number of aliphatic hydroxyl groups is 1. The van der Waals surface area contributed by atoms with E-state index in [0.717, 1.165) is 22.6 Å². The van der Waals surface area contributed by atoms with Gasteiger partial charge in [-0.1, -0.05) is 25.1 Å². The third-order valence-corrected chi connectivity index (χ3v) is 9.97. The fraction of sp³-hybridized carbons (Fsp3) is 0.440. The quantitative estimate of drug-likeness (QED) is 0.521. The lowest BCUT2D eigenvalue weighted by Crippen LogP contribution is -2.45. The van der Waals surface area contributed by atoms with Crippen LogP contribution in [0.4, 0.5) is 17.1 Å². The molecule has 2 aromatic rings. The summed E-state index contributed by atoms with van der Waals surface area (Å²) in [6.45, 7) is 6.28. The lowest BCUT2D eigenvalue weighted by molar-refractivity contribution is -0.145. The Kier molecular flexibility index (Phi) is 5.24. The monoisotopic (exact) mass is 466 g/mol. The van der Waals surface area contributed by atoms with Crippen molar-refractivity contribution in [3.8, 4) is 0 Å². The number of ether oxygens (including phenoxy) is 1. The molecule has 2 fully saturated rings. The zero-order valence-corrected chi connectivity index (χ0v) is 20.2. The molecule has 0 unspecified atom stereocenters. The maximum Gasteiger partial charge on any atom is 0.268 e. The molecule has 2 amide bonds. The van der Waals surface area contributed by atoms with Gasteiger partial charge in [-0.2, -0.15) is 0 Å². The SMILES string of the molecule is C[C@H]1[C@H]([Si](C)(C)O)[C@@H](CCO)O[C@]12C(=O)N(c1ccccc1)c1ccc(N3CCC3=O)cc12. The Hall–Kier alpha value is -2.52. The van der Waals surface area contributed by atoms with Gasteiger partial charge in [0.15, 0.2) is 13.9 Å². The molecule has 174 valence electrons. The average molecular weight is 467 g/mol. The predicted molar refractivity (Wildman–Crippen MR) is 128 cm³/mol. The van der Waals surface area contributed by atoms with Crippen molar-refractivity contribution in [3.05, 3.63) is 54.1 Å². The maximum absolute atomic E-state index is 14.2. The first-order valence-electron chi connectivity index (χ1n) is 11.6. The van der Waals surface area contributed by atoms with E-state index in [1.54, 1.807) is 9.80 Å². The highest BCUT2D eigenvalue weighted by Crippen LogP contribution is 2.61. The van der Waals surface area contributed by atoms with Crippen molar-refractivity contribution in [1.82, 2.24) is 0 Å². The van der Waals surface area contributed by atoms with E-state index in [1.165, 1.54) is 0 Å². The zero-order chi connectivity index (χ0) is 23.5. The molecular weight excluding hydrogens is 436 g/mol. The van der Waals surface area contributed by atoms with Crippen molar-refractivity contribution >= 4 is 37.2 Å². The van der Waals surface area contributed by atoms with Crippen LogP contribution >= 0.6 is 0 Å². The normalized spacial score (nSPS) is 29.1. The van der Waals surface area contributed by atoms with Gasteiger partial charge in [0.1, 0.15) is 0 Å². The van der Waals surface area contributed by atoms with Crippen molar-refractivity contribution in [2.45, 2.75) is 50.1 Å². The van der Waals surface area contributed by atoms with Crippen LogP contribution in [0.15, 0.2) is 48.5 Å². The summed E-state index contributed by atoms with van der Waals surface area (Å²) in [5.74, 6) is -0.427. The molecule has 3 heterocycles. The Balaban J connectivity index is 1.70. The Morgan fingerprint density at radius 3 is 2.42 bits per heavy atom. The molecule has 2 N–H and O–H groups in total. The molecular formula is C25H30N2O5Si. The van der Waals surface area contributed by atoms with E-state index >= 15 is 0 Å². The number of hydrogen-bond acceptors (Lipinski definition) is 5. The van der Waals surface area contributed by atoms with Crippen LogP contribution in [0.1, 0.15) is 25.3 Å². The highest BCUT2D eigenvalue weighted by atomic mass is 28.4. The van der Waals surface area contributed by atoms with Crippen LogP contribution in [0.3, 0.4) is 0 Å². The molecule has 5 rings (SSSR count). The smallest absolute Gasteiger partial charge is 0.268 e. The van der Waals surface area contributed by atoms with Crippen molar-refractivity contribution in [1.29, 1.82) is 0 Å². The van der Waals surface area contributed by atoms with E-state index in [-0.39, 0.29) is 29.9 Å². The minimum absolute atomic E-state index is 0.0635. The Labute approximate surface area is 194 Å². The third kappa shape index (κ3) is 3.19. The van der Waals surface area contributed by atoms with E-state index in [2.05, 4.69) is 0 Å². The van der Waals surface area contributed by atoms with Crippen molar-refractivity contribution < 1.29 is 24.2 Å². The number of para-hydroxylation sites is 1. The first-order valence-corrected chi connectivity index (χ1v) is 14.6. The van der Waals surface area contributed by atoms with Crippen LogP contribution in [-0.4, -0.2) is 49.3 Å². The van der Waals surface area contributed by atoms with Gasteiger partial charge < -0.3 is 19.5 Å². The molecule has 33 heavy (non-hydrogen) atoms. The molecule has 3 aliphatic rings. The Morgan fingerprint density at radius 1 is 1.12 bits per heavy atom. The predicted octanol–water partition coefficient (Wildman–Crippen LogP) is 3.28. The average Bonchev–Trinajstić information content (AvgIpc) is 3.20. The van der Waals surface area contributed by atoms with E-state index in [4.69, 9.17) is 4.74 Å². The molecule has 2 saturated heterocycles. The summed E-state index contributed by atoms with van der Waals surface area (Å²) in [5, 5.41) is 9.72. The molecule has 7 nitrogen and oxygen atoms in total. The number of hydrogen-bond donors (Lipinski definition) is 2. The first kappa shape index (κ1) is 22.3. The molecule has 0 bridgehead atoms. The molecule has 0 aliphatic carbocycles. The minimum atomic E-state index is -2.75. The van der Waals surface area contributed by atoms with Crippen molar-refractivity contribution in [3.63, 3.8) is 0 Å². The fourth-order valence-electron chi connectivity index (χ4n) is 5.98. The van der Waals surface area contributed by atoms with Crippen LogP contribution in [0, 0.1) is 5.92 Å². The van der Waals surface area contributed by atoms with Gasteiger partial charge in [-0.3, -0.25) is 14.5 Å². The number of fused-ring (bicyclic) bond motifs is 2. The number of β-lactam (4-membered cyclic amide) rings is 1. The maximum atomic E-state index is 14.2. The van der Waals surface area contributed by atoms with Crippen LogP contribution in [0.5, 0.6) is 0 Å². The Morgan fingerprint density at radius 2 is 1.85 bits per heavy atom. The lowest BCUT2D eigenvalue weighted by Gasteiger charge is -2.33. The summed E-state index contributed by atoms with van der Waals surface area (Å²) in [4.78, 5) is 41.0. The summed E-state index contributed by atoms with van der Waals surface area (Å²) in [6.07, 6.45) is 0.444. The van der Waals surface area contributed by atoms with E-state index < -0.39 is 20.0 Å². The van der Waals surface area contributed by atoms with Gasteiger partial charge in [0.05, 0.1) is 11.8 Å². The van der Waals surface area contributed by atoms with Crippen LogP contribution < -0.4 is 9.80 Å². The molecule has 2 aromatic carbocycles. The number of carbonyl (C=O) groups excluding carboxylic acids is 2. The van der Waals surface area contributed by atoms with Crippen molar-refractivity contribution in [2.75, 3.05) is 23.0 Å². The summed E-state index contributed by atoms with van der Waals surface area (Å²) < 4.78 is 6.63. The molecule has 8 heteroatoms. The second-order valence-corrected chi connectivity index (χ2v) is 13.8. The van der Waals surface area contributed by atoms with Gasteiger partial charge in [-0.05, 0) is 49.8 Å². The van der Waals surface area contributed by atoms with Gasteiger partial charge in [0.2, 0.25) is 5.91 Å². The standard InChI is InChI=1S/C25H30N2O5Si/c1-16-23(33(2,3)31)21(12-14-28)32-25(16)19-15-18(26-13-11-22(26)29)9-10-20(19)27(24(25)30)17-7-5-4-6-8-17/h4-10,15-16,21,23,28,31H,11-14H2,1-3H3/t16-,21+,23-,25+/m0/s1. The minimum Gasteiger partial charge on any atom is -0.432 e. The number of carbonyl (C=O) groups is 2. The van der Waals surface area contributed by atoms with E-state index in [1.807, 2.05) is 68.5 Å². The second-order valence-electron chi connectivity index (χ2n) is 9.85. The zero-order valence-electron chi connectivity index (χ0n) is 19.2. The lowest BCUT2D eigenvalue weighted by atomic mass is 9.82. The summed E-state index contributed by atoms with van der Waals surface area (Å²) in [5.41, 5.74) is 1.44. The molecule has 4 atom stereocenters. The molecule has 0 radical (unpaired) electrons. The van der Waals surface area contributed by atoms with Gasteiger partial charge >= 0.3 is 0 Å². The number of nitrogens with zero attached hydrogens (tertiary/aromatic N) is 2. The van der Waals surface area contributed by atoms with Crippen molar-refractivity contribution in [2.24, 2.45) is 5.92 Å². The number of benzene rings is 2. The highest BCUT2D eigenvalue weighted by Gasteiger charge is 2.66. The first-order chi connectivity index (χ1) is 15.7. The van der Waals surface area contributed by atoms with Crippen LogP contribution in [0.2, 0.25) is 18.6 Å². The molecule has 1 spiro atoms. The number of anilines is 3. The molecule has 3 aliphatic heterocycles. The van der Waals surface area contributed by atoms with Gasteiger partial charge in [0.25, 0.3) is 5.91 Å². The van der Waals surface area contributed by atoms with Gasteiger partial charge in [0, 0.05) is 48.0 Å². The number of aliphatic hydroxyl groups excluding tert-OH is 1. The van der Waals surface area contributed by atoms with Crippen LogP contribution in [0.25, 0.3) is 0 Å². The van der Waals surface area contributed by atoms with Gasteiger partial charge in [-0.25, -0.2) is 0 Å². The summed E-state index contributed by atoms with van der Waals surface area (Å²) >= 11 is 0. The van der Waals surface area contributed by atoms with Crippen LogP contribution in [-0.2, 0) is 19.9 Å². The number of rotatable bonds is 5. The Bertz CT molecular complexity index is 1100. The molecule has 0 saturated carbocycles. The second kappa shape index (κ2) is 7.77. The third-order valence-electron chi connectivity index (χ3n) is 7.47. The van der Waals surface area contributed by atoms with E-state index in [0.29, 0.717) is 19.4 Å². The summed E-state index contributed by atoms with van der Waals surface area (Å²) in [6, 6.07) is 15.1. The topological polar surface area (TPSA) is 90.3 Å². The van der Waals surface area contributed by atoms with E-state index in [9.17, 15) is 19.5 Å². The fourth-order valence-corrected chi connectivity index (χ4v) is 8.58. The number of amides is 2. The highest BCUT2D eigenvalue weighted by molar-refractivity contribution is 6.71. The molecule has 0 aromatic heterocycles. The largest absolute Gasteiger partial charge is 0.432 e.